The van der Waals surface area contributed by atoms with Crippen LogP contribution < -0.4 is 10.6 Å². The minimum atomic E-state index is -0.380. The Labute approximate surface area is 185 Å². The summed E-state index contributed by atoms with van der Waals surface area (Å²) in [6, 6.07) is 13.8. The van der Waals surface area contributed by atoms with Crippen LogP contribution in [0, 0.1) is 0 Å². The Kier molecular flexibility index (Phi) is 6.89. The van der Waals surface area contributed by atoms with Crippen molar-refractivity contribution < 1.29 is 14.1 Å². The Balaban J connectivity index is 1.76. The highest BCUT2D eigenvalue weighted by molar-refractivity contribution is 7.80. The number of nitrogens with zero attached hydrogens (tertiary/aromatic N) is 1. The lowest BCUT2D eigenvalue weighted by Gasteiger charge is -2.12. The summed E-state index contributed by atoms with van der Waals surface area (Å²) in [6.07, 6.45) is 0.720. The molecule has 0 atom stereocenters. The van der Waals surface area contributed by atoms with E-state index in [1.807, 2.05) is 51.1 Å². The van der Waals surface area contributed by atoms with Gasteiger partial charge in [-0.1, -0.05) is 56.3 Å². The number of carbonyl (C=O) groups excluding carboxylic acids is 1. The Bertz CT molecular complexity index is 1020. The number of benzene rings is 1. The van der Waals surface area contributed by atoms with E-state index in [9.17, 15) is 4.79 Å². The molecule has 0 saturated heterocycles. The summed E-state index contributed by atoms with van der Waals surface area (Å²) >= 11 is 6.89. The molecule has 2 heterocycles. The molecule has 0 spiro atoms. The van der Waals surface area contributed by atoms with Crippen LogP contribution in [-0.2, 0) is 16.6 Å². The molecule has 6 nitrogen and oxygen atoms in total. The average molecular weight is 444 g/mol. The van der Waals surface area contributed by atoms with Crippen LogP contribution >= 0.6 is 23.6 Å². The Morgan fingerprint density at radius 3 is 2.57 bits per heavy atom. The maximum Gasteiger partial charge on any atom is 0.341 e. The fourth-order valence-corrected chi connectivity index (χ4v) is 4.07. The van der Waals surface area contributed by atoms with Gasteiger partial charge in [-0.3, -0.25) is 0 Å². The number of hydrogen-bond acceptors (Lipinski definition) is 6. The highest BCUT2D eigenvalue weighted by atomic mass is 32.1. The SMILES string of the molecule is CCOC(=O)c1cc(Cc2ccccc2)sc1NC(=S)Nc1cc(C(C)(C)C)on1. The zero-order valence-corrected chi connectivity index (χ0v) is 19.1. The maximum absolute atomic E-state index is 12.4. The molecule has 1 aromatic carbocycles. The normalized spacial score (nSPS) is 11.2. The lowest BCUT2D eigenvalue weighted by atomic mass is 9.93. The van der Waals surface area contributed by atoms with Gasteiger partial charge in [0.05, 0.1) is 12.2 Å². The van der Waals surface area contributed by atoms with Crippen LogP contribution in [0.15, 0.2) is 47.0 Å². The minimum Gasteiger partial charge on any atom is -0.462 e. The summed E-state index contributed by atoms with van der Waals surface area (Å²) in [5.41, 5.74) is 1.48. The van der Waals surface area contributed by atoms with Gasteiger partial charge < -0.3 is 19.9 Å². The fraction of sp³-hybridized carbons (Fsp3) is 0.318. The Hall–Kier alpha value is -2.71. The molecule has 0 aliphatic heterocycles. The van der Waals surface area contributed by atoms with Crippen molar-refractivity contribution in [1.29, 1.82) is 0 Å². The molecule has 0 aliphatic rings. The van der Waals surface area contributed by atoms with Crippen molar-refractivity contribution >= 4 is 45.5 Å². The molecule has 158 valence electrons. The predicted octanol–water partition coefficient (Wildman–Crippen LogP) is 5.61. The Morgan fingerprint density at radius 2 is 1.93 bits per heavy atom. The lowest BCUT2D eigenvalue weighted by molar-refractivity contribution is 0.0528. The molecule has 8 heteroatoms. The molecule has 0 bridgehead atoms. The van der Waals surface area contributed by atoms with Gasteiger partial charge in [0.15, 0.2) is 10.9 Å². The fourth-order valence-electron chi connectivity index (χ4n) is 2.72. The summed E-state index contributed by atoms with van der Waals surface area (Å²) in [5, 5.41) is 11.1. The van der Waals surface area contributed by atoms with E-state index < -0.39 is 0 Å². The first-order valence-electron chi connectivity index (χ1n) is 9.65. The average Bonchev–Trinajstić information content (AvgIpc) is 3.30. The summed E-state index contributed by atoms with van der Waals surface area (Å²) in [4.78, 5) is 13.5. The molecule has 0 fully saturated rings. The van der Waals surface area contributed by atoms with Crippen LogP contribution in [0.2, 0.25) is 0 Å². The molecule has 0 amide bonds. The second kappa shape index (κ2) is 9.40. The molecule has 0 aliphatic carbocycles. The lowest BCUT2D eigenvalue weighted by Crippen LogP contribution is -2.20. The first-order valence-corrected chi connectivity index (χ1v) is 10.9. The number of anilines is 2. The third-order valence-corrected chi connectivity index (χ3v) is 5.47. The van der Waals surface area contributed by atoms with Gasteiger partial charge in [0.2, 0.25) is 0 Å². The van der Waals surface area contributed by atoms with Gasteiger partial charge in [-0.15, -0.1) is 11.3 Å². The van der Waals surface area contributed by atoms with E-state index in [4.69, 9.17) is 21.5 Å². The van der Waals surface area contributed by atoms with E-state index >= 15 is 0 Å². The van der Waals surface area contributed by atoms with E-state index in [1.165, 1.54) is 16.9 Å². The number of thiophene rings is 1. The van der Waals surface area contributed by atoms with Crippen LogP contribution in [0.1, 0.15) is 54.3 Å². The number of carbonyl (C=O) groups is 1. The zero-order valence-electron chi connectivity index (χ0n) is 17.4. The van der Waals surface area contributed by atoms with Gasteiger partial charge in [-0.2, -0.15) is 0 Å². The maximum atomic E-state index is 12.4. The van der Waals surface area contributed by atoms with Gasteiger partial charge >= 0.3 is 5.97 Å². The molecule has 2 N–H and O–H groups in total. The summed E-state index contributed by atoms with van der Waals surface area (Å²) in [6.45, 7) is 8.21. The van der Waals surface area contributed by atoms with Gasteiger partial charge in [0.25, 0.3) is 0 Å². The zero-order chi connectivity index (χ0) is 21.7. The van der Waals surface area contributed by atoms with E-state index in [0.29, 0.717) is 28.1 Å². The van der Waals surface area contributed by atoms with Crippen molar-refractivity contribution in [3.8, 4) is 0 Å². The highest BCUT2D eigenvalue weighted by Crippen LogP contribution is 2.31. The van der Waals surface area contributed by atoms with Crippen LogP contribution in [0.25, 0.3) is 0 Å². The summed E-state index contributed by atoms with van der Waals surface area (Å²) in [5.74, 6) is 0.882. The second-order valence-electron chi connectivity index (χ2n) is 7.74. The number of aromatic nitrogens is 1. The largest absolute Gasteiger partial charge is 0.462 e. The molecular formula is C22H25N3O3S2. The van der Waals surface area contributed by atoms with Crippen LogP contribution in [-0.4, -0.2) is 22.8 Å². The third kappa shape index (κ3) is 5.67. The number of thiocarbonyl (C=S) groups is 1. The molecular weight excluding hydrogens is 418 g/mol. The molecule has 3 aromatic rings. The Morgan fingerprint density at radius 1 is 1.20 bits per heavy atom. The van der Waals surface area contributed by atoms with Crippen molar-refractivity contribution in [2.45, 2.75) is 39.5 Å². The predicted molar refractivity (Wildman–Crippen MR) is 125 cm³/mol. The summed E-state index contributed by atoms with van der Waals surface area (Å²) < 4.78 is 10.6. The van der Waals surface area contributed by atoms with Crippen LogP contribution in [0.5, 0.6) is 0 Å². The first kappa shape index (κ1) is 22.0. The van der Waals surface area contributed by atoms with Gasteiger partial charge in [0, 0.05) is 22.8 Å². The van der Waals surface area contributed by atoms with Crippen molar-refractivity contribution in [2.24, 2.45) is 0 Å². The quantitative estimate of drug-likeness (QED) is 0.379. The second-order valence-corrected chi connectivity index (χ2v) is 9.29. The van der Waals surface area contributed by atoms with Crippen molar-refractivity contribution in [1.82, 2.24) is 5.16 Å². The molecule has 30 heavy (non-hydrogen) atoms. The van der Waals surface area contributed by atoms with Crippen molar-refractivity contribution in [2.75, 3.05) is 17.2 Å². The summed E-state index contributed by atoms with van der Waals surface area (Å²) in [7, 11) is 0. The van der Waals surface area contributed by atoms with Crippen molar-refractivity contribution in [3.63, 3.8) is 0 Å². The van der Waals surface area contributed by atoms with E-state index in [-0.39, 0.29) is 11.4 Å². The third-order valence-electron chi connectivity index (χ3n) is 4.22. The number of ether oxygens (including phenoxy) is 1. The molecule has 0 saturated carbocycles. The number of esters is 1. The smallest absolute Gasteiger partial charge is 0.341 e. The highest BCUT2D eigenvalue weighted by Gasteiger charge is 2.21. The molecule has 0 radical (unpaired) electrons. The van der Waals surface area contributed by atoms with E-state index in [0.717, 1.165) is 17.1 Å². The minimum absolute atomic E-state index is 0.154. The van der Waals surface area contributed by atoms with Crippen LogP contribution in [0.4, 0.5) is 10.8 Å². The van der Waals surface area contributed by atoms with Gasteiger partial charge in [-0.25, -0.2) is 4.79 Å². The molecule has 3 rings (SSSR count). The van der Waals surface area contributed by atoms with Crippen molar-refractivity contribution in [3.05, 3.63) is 64.2 Å². The standard InChI is InChI=1S/C22H25N3O3S2/c1-5-27-20(26)16-12-15(11-14-9-7-6-8-10-14)30-19(16)24-21(29)23-18-13-17(28-25-18)22(2,3)4/h6-10,12-13H,5,11H2,1-4H3,(H2,23,24,25,29). The molecule has 0 unspecified atom stereocenters. The van der Waals surface area contributed by atoms with E-state index in [1.54, 1.807) is 6.92 Å². The first-order chi connectivity index (χ1) is 14.3. The number of nitrogens with one attached hydrogen (secondary N) is 2. The van der Waals surface area contributed by atoms with Gasteiger partial charge in [-0.05, 0) is 30.8 Å². The number of hydrogen-bond donors (Lipinski definition) is 2. The van der Waals surface area contributed by atoms with Gasteiger partial charge in [0.1, 0.15) is 10.8 Å². The molecule has 2 aromatic heterocycles. The monoisotopic (exact) mass is 443 g/mol. The number of rotatable bonds is 6. The van der Waals surface area contributed by atoms with E-state index in [2.05, 4.69) is 27.9 Å². The topological polar surface area (TPSA) is 76.4 Å². The van der Waals surface area contributed by atoms with Crippen LogP contribution in [0.3, 0.4) is 0 Å².